The van der Waals surface area contributed by atoms with Crippen LogP contribution in [-0.4, -0.2) is 20.1 Å². The maximum Gasteiger partial charge on any atom is 0.252 e. The second-order valence-corrected chi connectivity index (χ2v) is 7.01. The van der Waals surface area contributed by atoms with E-state index in [4.69, 9.17) is 16.1 Å². The van der Waals surface area contributed by atoms with Gasteiger partial charge in [-0.1, -0.05) is 71.0 Å². The van der Waals surface area contributed by atoms with Crippen LogP contribution in [0.25, 0.3) is 22.6 Å². The lowest BCUT2D eigenvalue weighted by Crippen LogP contribution is -2.08. The fourth-order valence-corrected chi connectivity index (χ4v) is 3.35. The first-order valence-electron chi connectivity index (χ1n) is 8.05. The molecule has 0 amide bonds. The van der Waals surface area contributed by atoms with Gasteiger partial charge in [-0.3, -0.25) is 4.79 Å². The van der Waals surface area contributed by atoms with E-state index in [1.54, 1.807) is 12.1 Å². The van der Waals surface area contributed by atoms with Gasteiger partial charge in [-0.25, -0.2) is 4.98 Å². The predicted octanol–water partition coefficient (Wildman–Crippen LogP) is 4.43. The van der Waals surface area contributed by atoms with Gasteiger partial charge >= 0.3 is 0 Å². The molecule has 0 atom stereocenters. The average Bonchev–Trinajstić information content (AvgIpc) is 3.16. The summed E-state index contributed by atoms with van der Waals surface area (Å²) in [4.78, 5) is 23.5. The number of aromatic nitrogens is 4. The lowest BCUT2D eigenvalue weighted by Gasteiger charge is -2.03. The summed E-state index contributed by atoms with van der Waals surface area (Å²) in [7, 11) is 0. The molecule has 0 unspecified atom stereocenters. The van der Waals surface area contributed by atoms with Crippen molar-refractivity contribution in [2.45, 2.75) is 10.9 Å². The zero-order chi connectivity index (χ0) is 18.6. The third-order valence-corrected chi connectivity index (χ3v) is 4.77. The van der Waals surface area contributed by atoms with Gasteiger partial charge in [0.05, 0.1) is 11.4 Å². The summed E-state index contributed by atoms with van der Waals surface area (Å²) < 4.78 is 5.28. The minimum Gasteiger partial charge on any atom is -0.338 e. The molecule has 2 heterocycles. The van der Waals surface area contributed by atoms with Crippen molar-refractivity contribution in [1.29, 1.82) is 0 Å². The Morgan fingerprint density at radius 2 is 1.81 bits per heavy atom. The highest BCUT2D eigenvalue weighted by Gasteiger charge is 2.11. The Kier molecular flexibility index (Phi) is 5.04. The van der Waals surface area contributed by atoms with E-state index in [9.17, 15) is 4.79 Å². The van der Waals surface area contributed by atoms with E-state index < -0.39 is 0 Å². The molecule has 6 nitrogen and oxygen atoms in total. The Balaban J connectivity index is 1.51. The highest BCUT2D eigenvalue weighted by Crippen LogP contribution is 2.24. The summed E-state index contributed by atoms with van der Waals surface area (Å²) in [5, 5.41) is 5.07. The van der Waals surface area contributed by atoms with Gasteiger partial charge in [0.15, 0.2) is 5.16 Å². The molecule has 0 aliphatic rings. The summed E-state index contributed by atoms with van der Waals surface area (Å²) in [6.07, 6.45) is 0. The summed E-state index contributed by atoms with van der Waals surface area (Å²) in [5.41, 5.74) is 2.06. The lowest BCUT2D eigenvalue weighted by atomic mass is 10.1. The largest absolute Gasteiger partial charge is 0.338 e. The number of aromatic amines is 1. The maximum absolute atomic E-state index is 11.9. The van der Waals surface area contributed by atoms with Crippen LogP contribution >= 0.6 is 23.4 Å². The van der Waals surface area contributed by atoms with Gasteiger partial charge in [-0.05, 0) is 12.1 Å². The first-order chi connectivity index (χ1) is 13.2. The third-order valence-electron chi connectivity index (χ3n) is 3.67. The van der Waals surface area contributed by atoms with Crippen LogP contribution in [0.1, 0.15) is 5.89 Å². The maximum atomic E-state index is 11.9. The average molecular weight is 397 g/mol. The van der Waals surface area contributed by atoms with Crippen molar-refractivity contribution in [3.8, 4) is 22.6 Å². The summed E-state index contributed by atoms with van der Waals surface area (Å²) >= 11 is 7.31. The number of H-pyrrole nitrogens is 1. The van der Waals surface area contributed by atoms with Crippen LogP contribution in [0.15, 0.2) is 75.1 Å². The standard InChI is InChI=1S/C19H13ClN4O2S/c20-14-8-4-7-13(9-14)18-23-17(26-24-18)11-27-19-21-15(10-16(25)22-19)12-5-2-1-3-6-12/h1-10H,11H2,(H,21,22,25). The van der Waals surface area contributed by atoms with Crippen molar-refractivity contribution in [3.63, 3.8) is 0 Å². The molecule has 2 aromatic heterocycles. The Bertz CT molecular complexity index is 1130. The molecule has 0 radical (unpaired) electrons. The van der Waals surface area contributed by atoms with Gasteiger partial charge in [-0.15, -0.1) is 0 Å². The molecule has 0 spiro atoms. The molecule has 0 saturated carbocycles. The van der Waals surface area contributed by atoms with Gasteiger partial charge < -0.3 is 9.51 Å². The number of thioether (sulfide) groups is 1. The quantitative estimate of drug-likeness (QED) is 0.396. The number of halogens is 1. The summed E-state index contributed by atoms with van der Waals surface area (Å²) in [6, 6.07) is 18.2. The van der Waals surface area contributed by atoms with E-state index in [-0.39, 0.29) is 5.56 Å². The zero-order valence-electron chi connectivity index (χ0n) is 13.9. The van der Waals surface area contributed by atoms with Crippen LogP contribution in [0.3, 0.4) is 0 Å². The van der Waals surface area contributed by atoms with Crippen LogP contribution < -0.4 is 5.56 Å². The highest BCUT2D eigenvalue weighted by atomic mass is 35.5. The van der Waals surface area contributed by atoms with Crippen LogP contribution in [0.2, 0.25) is 5.02 Å². The molecule has 0 saturated heterocycles. The second-order valence-electron chi connectivity index (χ2n) is 5.61. The monoisotopic (exact) mass is 396 g/mol. The molecule has 4 aromatic rings. The number of rotatable bonds is 5. The van der Waals surface area contributed by atoms with Crippen molar-refractivity contribution in [1.82, 2.24) is 20.1 Å². The molecule has 4 rings (SSSR count). The van der Waals surface area contributed by atoms with Crippen LogP contribution in [0, 0.1) is 0 Å². The minimum atomic E-state index is -0.212. The molecule has 8 heteroatoms. The molecule has 0 bridgehead atoms. The Labute approximate surface area is 163 Å². The van der Waals surface area contributed by atoms with Gasteiger partial charge in [0.1, 0.15) is 0 Å². The number of hydrogen-bond donors (Lipinski definition) is 1. The molecular formula is C19H13ClN4O2S. The molecule has 0 aliphatic carbocycles. The molecular weight excluding hydrogens is 384 g/mol. The number of benzene rings is 2. The summed E-state index contributed by atoms with van der Waals surface area (Å²) in [6.45, 7) is 0. The van der Waals surface area contributed by atoms with Crippen molar-refractivity contribution < 1.29 is 4.52 Å². The smallest absolute Gasteiger partial charge is 0.252 e. The SMILES string of the molecule is O=c1cc(-c2ccccc2)nc(SCc2nc(-c3cccc(Cl)c3)no2)[nH]1. The van der Waals surface area contributed by atoms with Crippen molar-refractivity contribution in [2.75, 3.05) is 0 Å². The first-order valence-corrected chi connectivity index (χ1v) is 9.42. The van der Waals surface area contributed by atoms with Gasteiger partial charge in [0.25, 0.3) is 5.56 Å². The molecule has 2 aromatic carbocycles. The lowest BCUT2D eigenvalue weighted by molar-refractivity contribution is 0.391. The van der Waals surface area contributed by atoms with E-state index >= 15 is 0 Å². The first kappa shape index (κ1) is 17.5. The molecule has 27 heavy (non-hydrogen) atoms. The Morgan fingerprint density at radius 1 is 1.00 bits per heavy atom. The topological polar surface area (TPSA) is 84.7 Å². The van der Waals surface area contributed by atoms with Crippen LogP contribution in [0.4, 0.5) is 0 Å². The van der Waals surface area contributed by atoms with Crippen LogP contribution in [0.5, 0.6) is 0 Å². The number of nitrogens with one attached hydrogen (secondary N) is 1. The van der Waals surface area contributed by atoms with E-state index in [0.29, 0.717) is 33.3 Å². The highest BCUT2D eigenvalue weighted by molar-refractivity contribution is 7.98. The van der Waals surface area contributed by atoms with Crippen molar-refractivity contribution in [2.24, 2.45) is 0 Å². The van der Waals surface area contributed by atoms with E-state index in [0.717, 1.165) is 11.1 Å². The van der Waals surface area contributed by atoms with E-state index in [2.05, 4.69) is 20.1 Å². The second kappa shape index (κ2) is 7.77. The number of nitrogens with zero attached hydrogens (tertiary/aromatic N) is 3. The fourth-order valence-electron chi connectivity index (χ4n) is 2.45. The number of hydrogen-bond acceptors (Lipinski definition) is 6. The van der Waals surface area contributed by atoms with E-state index in [1.807, 2.05) is 42.5 Å². The minimum absolute atomic E-state index is 0.212. The molecule has 134 valence electrons. The molecule has 0 aliphatic heterocycles. The van der Waals surface area contributed by atoms with E-state index in [1.165, 1.54) is 17.8 Å². The predicted molar refractivity (Wildman–Crippen MR) is 105 cm³/mol. The van der Waals surface area contributed by atoms with Crippen LogP contribution in [-0.2, 0) is 5.75 Å². The molecule has 1 N–H and O–H groups in total. The Hall–Kier alpha value is -2.90. The Morgan fingerprint density at radius 3 is 2.63 bits per heavy atom. The van der Waals surface area contributed by atoms with Crippen molar-refractivity contribution in [3.05, 3.63) is 81.9 Å². The molecule has 0 fully saturated rings. The zero-order valence-corrected chi connectivity index (χ0v) is 15.5. The van der Waals surface area contributed by atoms with Gasteiger partial charge in [-0.2, -0.15) is 4.98 Å². The van der Waals surface area contributed by atoms with Gasteiger partial charge in [0.2, 0.25) is 11.7 Å². The third kappa shape index (κ3) is 4.27. The van der Waals surface area contributed by atoms with Crippen molar-refractivity contribution >= 4 is 23.4 Å². The van der Waals surface area contributed by atoms with Gasteiger partial charge in [0, 0.05) is 22.2 Å². The normalized spacial score (nSPS) is 10.9. The fraction of sp³-hybridized carbons (Fsp3) is 0.0526. The summed E-state index contributed by atoms with van der Waals surface area (Å²) in [5.74, 6) is 1.28.